The number of benzene rings is 3. The third-order valence-electron chi connectivity index (χ3n) is 6.82. The highest BCUT2D eigenvalue weighted by Gasteiger charge is 2.40. The van der Waals surface area contributed by atoms with E-state index in [1.807, 2.05) is 42.5 Å². The molecule has 1 aliphatic rings. The minimum absolute atomic E-state index is 0.161. The average molecular weight is 429 g/mol. The van der Waals surface area contributed by atoms with Crippen molar-refractivity contribution in [2.24, 2.45) is 0 Å². The minimum Gasteiger partial charge on any atom is -0.478 e. The lowest BCUT2D eigenvalue weighted by Gasteiger charge is -2.43. The van der Waals surface area contributed by atoms with Crippen LogP contribution in [0.25, 0.3) is 22.3 Å². The second kappa shape index (κ2) is 7.63. The van der Waals surface area contributed by atoms with E-state index in [1.165, 1.54) is 0 Å². The number of hydrogen-bond donors (Lipinski definition) is 2. The number of carbonyl (C=O) groups is 2. The van der Waals surface area contributed by atoms with Gasteiger partial charge in [0.15, 0.2) is 0 Å². The first kappa shape index (κ1) is 21.8. The van der Waals surface area contributed by atoms with E-state index in [9.17, 15) is 19.8 Å². The summed E-state index contributed by atoms with van der Waals surface area (Å²) in [6.45, 7) is 8.45. The van der Waals surface area contributed by atoms with Crippen LogP contribution in [0.15, 0.2) is 60.7 Å². The van der Waals surface area contributed by atoms with Crippen LogP contribution in [0.5, 0.6) is 0 Å². The van der Waals surface area contributed by atoms with Crippen molar-refractivity contribution in [1.29, 1.82) is 0 Å². The van der Waals surface area contributed by atoms with Crippen LogP contribution in [0, 0.1) is 0 Å². The first-order chi connectivity index (χ1) is 15.0. The number of fused-ring (bicyclic) bond motifs is 1. The number of carboxylic acid groups (broad SMARTS) is 2. The summed E-state index contributed by atoms with van der Waals surface area (Å²) in [6, 6.07) is 18.7. The minimum atomic E-state index is -1.03. The van der Waals surface area contributed by atoms with Gasteiger partial charge in [0.05, 0.1) is 11.1 Å². The topological polar surface area (TPSA) is 74.6 Å². The summed E-state index contributed by atoms with van der Waals surface area (Å²) >= 11 is 0. The number of hydrogen-bond acceptors (Lipinski definition) is 2. The van der Waals surface area contributed by atoms with Gasteiger partial charge in [-0.05, 0) is 75.3 Å². The predicted molar refractivity (Wildman–Crippen MR) is 127 cm³/mol. The molecule has 0 amide bonds. The van der Waals surface area contributed by atoms with Gasteiger partial charge in [-0.3, -0.25) is 0 Å². The van der Waals surface area contributed by atoms with Crippen molar-refractivity contribution in [3.05, 3.63) is 82.9 Å². The molecular formula is C28H28O4. The van der Waals surface area contributed by atoms with E-state index in [0.29, 0.717) is 11.1 Å². The smallest absolute Gasteiger partial charge is 0.336 e. The lowest BCUT2D eigenvalue weighted by molar-refractivity contribution is 0.0685. The van der Waals surface area contributed by atoms with E-state index < -0.39 is 11.9 Å². The first-order valence-corrected chi connectivity index (χ1v) is 10.9. The van der Waals surface area contributed by atoms with Crippen LogP contribution in [0.3, 0.4) is 0 Å². The third-order valence-corrected chi connectivity index (χ3v) is 6.82. The second-order valence-electron chi connectivity index (χ2n) is 9.95. The van der Waals surface area contributed by atoms with Crippen molar-refractivity contribution in [1.82, 2.24) is 0 Å². The van der Waals surface area contributed by atoms with Gasteiger partial charge in [0.2, 0.25) is 0 Å². The molecule has 2 N–H and O–H groups in total. The highest BCUT2D eigenvalue weighted by atomic mass is 16.4. The molecule has 0 fully saturated rings. The van der Waals surface area contributed by atoms with Crippen LogP contribution in [-0.2, 0) is 10.8 Å². The van der Waals surface area contributed by atoms with Crippen molar-refractivity contribution < 1.29 is 19.8 Å². The van der Waals surface area contributed by atoms with Crippen LogP contribution >= 0.6 is 0 Å². The lowest BCUT2D eigenvalue weighted by Crippen LogP contribution is -2.35. The van der Waals surface area contributed by atoms with E-state index in [2.05, 4.69) is 27.7 Å². The highest BCUT2D eigenvalue weighted by molar-refractivity contribution is 5.99. The Labute approximate surface area is 188 Å². The van der Waals surface area contributed by atoms with Crippen LogP contribution < -0.4 is 0 Å². The Morgan fingerprint density at radius 2 is 1.31 bits per heavy atom. The molecule has 4 heteroatoms. The van der Waals surface area contributed by atoms with Crippen molar-refractivity contribution in [3.63, 3.8) is 0 Å². The van der Waals surface area contributed by atoms with Gasteiger partial charge in [-0.1, -0.05) is 70.2 Å². The molecule has 0 bridgehead atoms. The van der Waals surface area contributed by atoms with Gasteiger partial charge in [-0.15, -0.1) is 0 Å². The van der Waals surface area contributed by atoms with E-state index in [0.717, 1.165) is 35.1 Å². The molecule has 1 aliphatic carbocycles. The van der Waals surface area contributed by atoms with Gasteiger partial charge in [0.25, 0.3) is 0 Å². The van der Waals surface area contributed by atoms with Crippen molar-refractivity contribution in [2.75, 3.05) is 0 Å². The SMILES string of the molecule is CC1(C)CCC(C)(C)c2c(C(=O)O)cc(-c3cc(-c4ccccc4)ccc3C(=O)O)cc21. The van der Waals surface area contributed by atoms with E-state index >= 15 is 0 Å². The maximum absolute atomic E-state index is 12.3. The molecule has 3 aromatic carbocycles. The Hall–Kier alpha value is -3.40. The zero-order chi connectivity index (χ0) is 23.3. The molecule has 4 rings (SSSR count). The van der Waals surface area contributed by atoms with Crippen molar-refractivity contribution in [2.45, 2.75) is 51.4 Å². The molecule has 0 saturated carbocycles. The van der Waals surface area contributed by atoms with Gasteiger partial charge >= 0.3 is 11.9 Å². The standard InChI is InChI=1S/C28H28O4/c1-27(2)12-13-28(3,4)24-22(26(31)32)15-19(16-23(24)27)21-14-18(10-11-20(21)25(29)30)17-8-6-5-7-9-17/h5-11,14-16H,12-13H2,1-4H3,(H,29,30)(H,31,32). The summed E-state index contributed by atoms with van der Waals surface area (Å²) in [6.07, 6.45) is 1.84. The third kappa shape index (κ3) is 3.70. The largest absolute Gasteiger partial charge is 0.478 e. The predicted octanol–water partition coefficient (Wildman–Crippen LogP) is 6.77. The molecule has 32 heavy (non-hydrogen) atoms. The van der Waals surface area contributed by atoms with Crippen LogP contribution in [-0.4, -0.2) is 22.2 Å². The Bertz CT molecular complexity index is 1220. The Morgan fingerprint density at radius 1 is 0.688 bits per heavy atom. The monoisotopic (exact) mass is 428 g/mol. The van der Waals surface area contributed by atoms with Gasteiger partial charge < -0.3 is 10.2 Å². The highest BCUT2D eigenvalue weighted by Crippen LogP contribution is 2.49. The summed E-state index contributed by atoms with van der Waals surface area (Å²) in [5, 5.41) is 20.0. The summed E-state index contributed by atoms with van der Waals surface area (Å²) in [5.41, 5.74) is 4.83. The van der Waals surface area contributed by atoms with Gasteiger partial charge in [-0.2, -0.15) is 0 Å². The van der Waals surface area contributed by atoms with Gasteiger partial charge in [0, 0.05) is 0 Å². The van der Waals surface area contributed by atoms with E-state index in [-0.39, 0.29) is 22.0 Å². The zero-order valence-electron chi connectivity index (χ0n) is 18.9. The fourth-order valence-corrected chi connectivity index (χ4v) is 4.89. The molecule has 4 nitrogen and oxygen atoms in total. The Morgan fingerprint density at radius 3 is 1.94 bits per heavy atom. The second-order valence-corrected chi connectivity index (χ2v) is 9.95. The van der Waals surface area contributed by atoms with Gasteiger partial charge in [0.1, 0.15) is 0 Å². The van der Waals surface area contributed by atoms with Crippen molar-refractivity contribution >= 4 is 11.9 Å². The fraction of sp³-hybridized carbons (Fsp3) is 0.286. The molecule has 0 aromatic heterocycles. The number of carboxylic acids is 2. The molecule has 0 aliphatic heterocycles. The number of rotatable bonds is 4. The Kier molecular flexibility index (Phi) is 5.20. The van der Waals surface area contributed by atoms with E-state index in [1.54, 1.807) is 18.2 Å². The molecular weight excluding hydrogens is 400 g/mol. The summed E-state index contributed by atoms with van der Waals surface area (Å²) in [4.78, 5) is 24.4. The summed E-state index contributed by atoms with van der Waals surface area (Å²) in [5.74, 6) is -2.02. The van der Waals surface area contributed by atoms with Crippen LogP contribution in [0.4, 0.5) is 0 Å². The normalized spacial score (nSPS) is 16.2. The quantitative estimate of drug-likeness (QED) is 0.481. The van der Waals surface area contributed by atoms with Crippen LogP contribution in [0.2, 0.25) is 0 Å². The van der Waals surface area contributed by atoms with Crippen molar-refractivity contribution in [3.8, 4) is 22.3 Å². The maximum atomic E-state index is 12.3. The summed E-state index contributed by atoms with van der Waals surface area (Å²) < 4.78 is 0. The van der Waals surface area contributed by atoms with Gasteiger partial charge in [-0.25, -0.2) is 9.59 Å². The molecule has 0 spiro atoms. The molecule has 0 heterocycles. The maximum Gasteiger partial charge on any atom is 0.336 e. The first-order valence-electron chi connectivity index (χ1n) is 10.9. The lowest BCUT2D eigenvalue weighted by atomic mass is 9.61. The van der Waals surface area contributed by atoms with Crippen LogP contribution in [0.1, 0.15) is 72.4 Å². The molecule has 3 aromatic rings. The van der Waals surface area contributed by atoms with E-state index in [4.69, 9.17) is 0 Å². The molecule has 0 atom stereocenters. The zero-order valence-corrected chi connectivity index (χ0v) is 18.9. The molecule has 164 valence electrons. The molecule has 0 radical (unpaired) electrons. The number of aromatic carboxylic acids is 2. The molecule has 0 saturated heterocycles. The summed E-state index contributed by atoms with van der Waals surface area (Å²) in [7, 11) is 0. The Balaban J connectivity index is 2.03. The molecule has 0 unspecified atom stereocenters. The average Bonchev–Trinajstić information content (AvgIpc) is 2.76. The fourth-order valence-electron chi connectivity index (χ4n) is 4.89.